The highest BCUT2D eigenvalue weighted by Crippen LogP contribution is 2.30. The summed E-state index contributed by atoms with van der Waals surface area (Å²) in [5, 5.41) is 9.96. The third kappa shape index (κ3) is 3.50. The third-order valence-electron chi connectivity index (χ3n) is 3.74. The van der Waals surface area contributed by atoms with Crippen LogP contribution in [0.5, 0.6) is 0 Å². The number of hydrogen-bond donors (Lipinski definition) is 1. The summed E-state index contributed by atoms with van der Waals surface area (Å²) >= 11 is 0. The van der Waals surface area contributed by atoms with Crippen molar-refractivity contribution < 1.29 is 9.50 Å². The minimum Gasteiger partial charge on any atom is -0.388 e. The number of nitrogens with zero attached hydrogens (tertiary/aromatic N) is 1. The minimum absolute atomic E-state index is 0.385. The molecule has 0 bridgehead atoms. The van der Waals surface area contributed by atoms with Gasteiger partial charge in [-0.1, -0.05) is 32.1 Å². The van der Waals surface area contributed by atoms with E-state index < -0.39 is 11.9 Å². The van der Waals surface area contributed by atoms with E-state index >= 15 is 0 Å². The molecule has 0 aromatic carbocycles. The van der Waals surface area contributed by atoms with Gasteiger partial charge in [0.1, 0.15) is 5.82 Å². The number of rotatable bonds is 4. The second-order valence-corrected chi connectivity index (χ2v) is 4.99. The van der Waals surface area contributed by atoms with Crippen molar-refractivity contribution in [2.24, 2.45) is 5.92 Å². The molecule has 1 N–H and O–H groups in total. The Morgan fingerprint density at radius 3 is 2.82 bits per heavy atom. The van der Waals surface area contributed by atoms with Gasteiger partial charge in [-0.05, 0) is 24.8 Å². The Labute approximate surface area is 102 Å². The monoisotopic (exact) mass is 237 g/mol. The molecule has 0 saturated heterocycles. The van der Waals surface area contributed by atoms with Crippen molar-refractivity contribution in [3.63, 3.8) is 0 Å². The van der Waals surface area contributed by atoms with Crippen molar-refractivity contribution in [1.82, 2.24) is 4.98 Å². The first-order valence-electron chi connectivity index (χ1n) is 6.55. The van der Waals surface area contributed by atoms with E-state index in [-0.39, 0.29) is 0 Å². The van der Waals surface area contributed by atoms with Gasteiger partial charge in [0, 0.05) is 11.8 Å². The van der Waals surface area contributed by atoms with Crippen LogP contribution in [-0.4, -0.2) is 10.1 Å². The maximum atomic E-state index is 13.4. The Balaban J connectivity index is 1.84. The molecule has 0 amide bonds. The van der Waals surface area contributed by atoms with Crippen molar-refractivity contribution in [1.29, 1.82) is 0 Å². The van der Waals surface area contributed by atoms with Crippen molar-refractivity contribution in [2.45, 2.75) is 51.0 Å². The van der Waals surface area contributed by atoms with Gasteiger partial charge in [-0.15, -0.1) is 0 Å². The molecule has 1 aromatic heterocycles. The summed E-state index contributed by atoms with van der Waals surface area (Å²) in [5.74, 6) is 0.326. The highest BCUT2D eigenvalue weighted by Gasteiger charge is 2.17. The molecule has 1 heterocycles. The van der Waals surface area contributed by atoms with Crippen LogP contribution in [0.3, 0.4) is 0 Å². The number of aromatic nitrogens is 1. The van der Waals surface area contributed by atoms with Crippen molar-refractivity contribution in [3.05, 3.63) is 29.8 Å². The van der Waals surface area contributed by atoms with E-state index in [1.54, 1.807) is 6.07 Å². The van der Waals surface area contributed by atoms with Crippen LogP contribution in [0, 0.1) is 11.7 Å². The number of aliphatic hydroxyl groups is 1. The van der Waals surface area contributed by atoms with Gasteiger partial charge >= 0.3 is 0 Å². The molecule has 94 valence electrons. The SMILES string of the molecule is OC(CCC1CCCCC1)c1ccncc1F. The van der Waals surface area contributed by atoms with Gasteiger partial charge in [-0.25, -0.2) is 4.39 Å². The van der Waals surface area contributed by atoms with Crippen LogP contribution in [0.2, 0.25) is 0 Å². The number of hydrogen-bond acceptors (Lipinski definition) is 2. The maximum Gasteiger partial charge on any atom is 0.147 e. The summed E-state index contributed by atoms with van der Waals surface area (Å²) < 4.78 is 13.4. The standard InChI is InChI=1S/C14H20FNO/c15-13-10-16-9-8-12(13)14(17)7-6-11-4-2-1-3-5-11/h8-11,14,17H,1-7H2. The van der Waals surface area contributed by atoms with E-state index in [2.05, 4.69) is 4.98 Å². The van der Waals surface area contributed by atoms with E-state index in [4.69, 9.17) is 0 Å². The summed E-state index contributed by atoms with van der Waals surface area (Å²) in [6.07, 6.45) is 10.2. The Bertz CT molecular complexity index is 350. The normalized spacial score (nSPS) is 19.2. The number of pyridine rings is 1. The molecule has 1 saturated carbocycles. The third-order valence-corrected chi connectivity index (χ3v) is 3.74. The molecule has 0 aliphatic heterocycles. The van der Waals surface area contributed by atoms with Gasteiger partial charge in [0.15, 0.2) is 0 Å². The lowest BCUT2D eigenvalue weighted by molar-refractivity contribution is 0.147. The van der Waals surface area contributed by atoms with Crippen molar-refractivity contribution in [2.75, 3.05) is 0 Å². The largest absolute Gasteiger partial charge is 0.388 e. The lowest BCUT2D eigenvalue weighted by Crippen LogP contribution is -2.09. The van der Waals surface area contributed by atoms with E-state index in [9.17, 15) is 9.50 Å². The van der Waals surface area contributed by atoms with Crippen LogP contribution in [0.25, 0.3) is 0 Å². The van der Waals surface area contributed by atoms with Crippen LogP contribution in [0.15, 0.2) is 18.5 Å². The number of halogens is 1. The molecule has 2 rings (SSSR count). The fourth-order valence-electron chi connectivity index (χ4n) is 2.68. The van der Waals surface area contributed by atoms with Crippen LogP contribution in [0.4, 0.5) is 4.39 Å². The Hall–Kier alpha value is -0.960. The summed E-state index contributed by atoms with van der Waals surface area (Å²) in [4.78, 5) is 3.69. The molecular weight excluding hydrogens is 217 g/mol. The molecular formula is C14H20FNO. The highest BCUT2D eigenvalue weighted by atomic mass is 19.1. The lowest BCUT2D eigenvalue weighted by atomic mass is 9.85. The summed E-state index contributed by atoms with van der Waals surface area (Å²) in [6, 6.07) is 1.57. The van der Waals surface area contributed by atoms with Gasteiger partial charge in [0.2, 0.25) is 0 Å². The van der Waals surface area contributed by atoms with Gasteiger partial charge in [0.05, 0.1) is 12.3 Å². The molecule has 1 atom stereocenters. The highest BCUT2D eigenvalue weighted by molar-refractivity contribution is 5.15. The molecule has 1 aromatic rings. The molecule has 1 fully saturated rings. The zero-order valence-electron chi connectivity index (χ0n) is 10.1. The fourth-order valence-corrected chi connectivity index (χ4v) is 2.68. The fraction of sp³-hybridized carbons (Fsp3) is 0.643. The molecule has 0 spiro atoms. The van der Waals surface area contributed by atoms with Crippen LogP contribution < -0.4 is 0 Å². The zero-order valence-corrected chi connectivity index (χ0v) is 10.1. The molecule has 1 aliphatic rings. The summed E-state index contributed by atoms with van der Waals surface area (Å²) in [7, 11) is 0. The second-order valence-electron chi connectivity index (χ2n) is 4.99. The summed E-state index contributed by atoms with van der Waals surface area (Å²) in [6.45, 7) is 0. The van der Waals surface area contributed by atoms with Crippen molar-refractivity contribution in [3.8, 4) is 0 Å². The van der Waals surface area contributed by atoms with Crippen LogP contribution in [-0.2, 0) is 0 Å². The molecule has 1 aliphatic carbocycles. The van der Waals surface area contributed by atoms with Gasteiger partial charge < -0.3 is 5.11 Å². The predicted molar refractivity (Wildman–Crippen MR) is 65.0 cm³/mol. The molecule has 17 heavy (non-hydrogen) atoms. The number of aliphatic hydroxyl groups excluding tert-OH is 1. The molecule has 1 unspecified atom stereocenters. The average molecular weight is 237 g/mol. The quantitative estimate of drug-likeness (QED) is 0.867. The molecule has 0 radical (unpaired) electrons. The van der Waals surface area contributed by atoms with Gasteiger partial charge in [-0.3, -0.25) is 4.98 Å². The smallest absolute Gasteiger partial charge is 0.147 e. The van der Waals surface area contributed by atoms with Crippen molar-refractivity contribution >= 4 is 0 Å². The van der Waals surface area contributed by atoms with Crippen LogP contribution in [0.1, 0.15) is 56.6 Å². The van der Waals surface area contributed by atoms with E-state index in [1.807, 2.05) is 0 Å². The summed E-state index contributed by atoms with van der Waals surface area (Å²) in [5.41, 5.74) is 0.385. The Morgan fingerprint density at radius 1 is 1.35 bits per heavy atom. The predicted octanol–water partition coefficient (Wildman–Crippen LogP) is 3.61. The van der Waals surface area contributed by atoms with E-state index in [0.717, 1.165) is 12.3 Å². The van der Waals surface area contributed by atoms with E-state index in [0.29, 0.717) is 12.0 Å². The van der Waals surface area contributed by atoms with E-state index in [1.165, 1.54) is 44.5 Å². The average Bonchev–Trinajstić information content (AvgIpc) is 2.38. The van der Waals surface area contributed by atoms with Gasteiger partial charge in [0.25, 0.3) is 0 Å². The Kier molecular flexibility index (Phi) is 4.49. The molecule has 2 nitrogen and oxygen atoms in total. The lowest BCUT2D eigenvalue weighted by Gasteiger charge is -2.22. The zero-order chi connectivity index (χ0) is 12.1. The van der Waals surface area contributed by atoms with Crippen LogP contribution >= 0.6 is 0 Å². The first kappa shape index (κ1) is 12.5. The molecule has 3 heteroatoms. The topological polar surface area (TPSA) is 33.1 Å². The van der Waals surface area contributed by atoms with Gasteiger partial charge in [-0.2, -0.15) is 0 Å². The first-order chi connectivity index (χ1) is 8.27. The first-order valence-corrected chi connectivity index (χ1v) is 6.55. The second kappa shape index (κ2) is 6.10. The minimum atomic E-state index is -0.681. The Morgan fingerprint density at radius 2 is 2.12 bits per heavy atom. The maximum absolute atomic E-state index is 13.4.